The first-order valence-corrected chi connectivity index (χ1v) is 10.1. The highest BCUT2D eigenvalue weighted by molar-refractivity contribution is 9.10. The molecule has 0 aliphatic carbocycles. The average molecular weight is 434 g/mol. The molecule has 0 radical (unpaired) electrons. The second kappa shape index (κ2) is 8.75. The van der Waals surface area contributed by atoms with Crippen LogP contribution in [0, 0.1) is 0 Å². The van der Waals surface area contributed by atoms with Crippen LogP contribution in [0.4, 0.5) is 5.69 Å². The van der Waals surface area contributed by atoms with Crippen LogP contribution in [0.1, 0.15) is 12.0 Å². The lowest BCUT2D eigenvalue weighted by molar-refractivity contribution is -0.136. The van der Waals surface area contributed by atoms with Crippen LogP contribution in [-0.4, -0.2) is 57.0 Å². The summed E-state index contributed by atoms with van der Waals surface area (Å²) in [5.41, 5.74) is 1.19. The minimum Gasteiger partial charge on any atom is -0.380 e. The van der Waals surface area contributed by atoms with Crippen LogP contribution in [0.25, 0.3) is 0 Å². The van der Waals surface area contributed by atoms with E-state index in [2.05, 4.69) is 26.6 Å². The van der Waals surface area contributed by atoms with E-state index in [4.69, 9.17) is 4.74 Å². The van der Waals surface area contributed by atoms with Gasteiger partial charge in [0.2, 0.25) is 10.0 Å². The molecular formula is C15H20BrN3O5S. The van der Waals surface area contributed by atoms with Gasteiger partial charge in [0.25, 0.3) is 0 Å². The first kappa shape index (κ1) is 19.8. The highest BCUT2D eigenvalue weighted by Gasteiger charge is 2.27. The quantitative estimate of drug-likeness (QED) is 0.641. The Balaban J connectivity index is 1.89. The lowest BCUT2D eigenvalue weighted by Gasteiger charge is -2.15. The highest BCUT2D eigenvalue weighted by atomic mass is 79.9. The third kappa shape index (κ3) is 5.24. The van der Waals surface area contributed by atoms with Gasteiger partial charge in [-0.1, -0.05) is 22.0 Å². The molecule has 1 aromatic carbocycles. The van der Waals surface area contributed by atoms with Crippen LogP contribution in [-0.2, 0) is 31.0 Å². The smallest absolute Gasteiger partial charge is 0.313 e. The predicted octanol–water partition coefficient (Wildman–Crippen LogP) is 0.686. The van der Waals surface area contributed by atoms with Gasteiger partial charge in [-0.15, -0.1) is 0 Å². The van der Waals surface area contributed by atoms with Crippen molar-refractivity contribution in [3.8, 4) is 0 Å². The SMILES string of the molecule is COCc1c(Br)cccc1NC(=O)C(=O)NCCN1CCCS1(=O)=O. The third-order valence-corrected chi connectivity index (χ3v) is 6.41. The van der Waals surface area contributed by atoms with E-state index in [0.717, 1.165) is 4.47 Å². The molecule has 0 spiro atoms. The molecule has 1 fully saturated rings. The van der Waals surface area contributed by atoms with Crippen molar-refractivity contribution in [2.24, 2.45) is 0 Å². The summed E-state index contributed by atoms with van der Waals surface area (Å²) in [5, 5.41) is 4.97. The minimum atomic E-state index is -3.21. The van der Waals surface area contributed by atoms with Crippen molar-refractivity contribution in [1.29, 1.82) is 0 Å². The molecule has 2 N–H and O–H groups in total. The van der Waals surface area contributed by atoms with Gasteiger partial charge in [-0.3, -0.25) is 9.59 Å². The molecule has 1 aromatic rings. The molecule has 1 aliphatic heterocycles. The summed E-state index contributed by atoms with van der Waals surface area (Å²) in [4.78, 5) is 23.9. The number of sulfonamides is 1. The van der Waals surface area contributed by atoms with Crippen LogP contribution in [0.2, 0.25) is 0 Å². The Bertz CT molecular complexity index is 754. The summed E-state index contributed by atoms with van der Waals surface area (Å²) >= 11 is 3.37. The maximum absolute atomic E-state index is 12.0. The topological polar surface area (TPSA) is 105 Å². The Kier molecular flexibility index (Phi) is 6.94. The Morgan fingerprint density at radius 3 is 2.72 bits per heavy atom. The maximum Gasteiger partial charge on any atom is 0.313 e. The number of nitrogens with one attached hydrogen (secondary N) is 2. The average Bonchev–Trinajstić information content (AvgIpc) is 2.89. The van der Waals surface area contributed by atoms with Crippen molar-refractivity contribution in [3.63, 3.8) is 0 Å². The molecule has 25 heavy (non-hydrogen) atoms. The molecule has 1 heterocycles. The van der Waals surface area contributed by atoms with Gasteiger partial charge in [0.15, 0.2) is 0 Å². The lowest BCUT2D eigenvalue weighted by atomic mass is 10.2. The molecular weight excluding hydrogens is 414 g/mol. The van der Waals surface area contributed by atoms with E-state index < -0.39 is 21.8 Å². The Morgan fingerprint density at radius 1 is 1.32 bits per heavy atom. The fraction of sp³-hybridized carbons (Fsp3) is 0.467. The van der Waals surface area contributed by atoms with Crippen LogP contribution in [0.3, 0.4) is 0 Å². The molecule has 8 nitrogen and oxygen atoms in total. The molecule has 0 bridgehead atoms. The number of carbonyl (C=O) groups is 2. The van der Waals surface area contributed by atoms with Gasteiger partial charge in [0, 0.05) is 42.5 Å². The largest absolute Gasteiger partial charge is 0.380 e. The van der Waals surface area contributed by atoms with E-state index in [-0.39, 0.29) is 25.4 Å². The van der Waals surface area contributed by atoms with Crippen molar-refractivity contribution >= 4 is 43.5 Å². The van der Waals surface area contributed by atoms with Gasteiger partial charge in [0.05, 0.1) is 12.4 Å². The number of rotatable bonds is 6. The second-order valence-electron chi connectivity index (χ2n) is 5.48. The normalized spacial score (nSPS) is 16.6. The third-order valence-electron chi connectivity index (χ3n) is 3.71. The van der Waals surface area contributed by atoms with E-state index >= 15 is 0 Å². The number of anilines is 1. The van der Waals surface area contributed by atoms with Crippen LogP contribution in [0.15, 0.2) is 22.7 Å². The molecule has 1 saturated heterocycles. The van der Waals surface area contributed by atoms with E-state index in [1.807, 2.05) is 0 Å². The number of hydrogen-bond donors (Lipinski definition) is 2. The van der Waals surface area contributed by atoms with Crippen molar-refractivity contribution in [3.05, 3.63) is 28.2 Å². The monoisotopic (exact) mass is 433 g/mol. The van der Waals surface area contributed by atoms with E-state index in [1.165, 1.54) is 11.4 Å². The lowest BCUT2D eigenvalue weighted by Crippen LogP contribution is -2.40. The van der Waals surface area contributed by atoms with Crippen molar-refractivity contribution in [2.75, 3.05) is 37.8 Å². The zero-order valence-corrected chi connectivity index (χ0v) is 16.2. The second-order valence-corrected chi connectivity index (χ2v) is 8.42. The Labute approximate surface area is 155 Å². The number of nitrogens with zero attached hydrogens (tertiary/aromatic N) is 1. The Hall–Kier alpha value is -1.49. The number of methoxy groups -OCH3 is 1. The van der Waals surface area contributed by atoms with E-state index in [0.29, 0.717) is 24.2 Å². The van der Waals surface area contributed by atoms with Crippen molar-refractivity contribution < 1.29 is 22.7 Å². The number of carbonyl (C=O) groups excluding carboxylic acids is 2. The summed E-state index contributed by atoms with van der Waals surface area (Å²) in [6.07, 6.45) is 0.585. The summed E-state index contributed by atoms with van der Waals surface area (Å²) in [6.45, 7) is 0.955. The minimum absolute atomic E-state index is 0.0783. The first-order chi connectivity index (χ1) is 11.8. The molecule has 138 valence electrons. The van der Waals surface area contributed by atoms with Crippen LogP contribution < -0.4 is 10.6 Å². The van der Waals surface area contributed by atoms with E-state index in [9.17, 15) is 18.0 Å². The predicted molar refractivity (Wildman–Crippen MR) is 96.5 cm³/mol. The molecule has 0 unspecified atom stereocenters. The summed E-state index contributed by atoms with van der Waals surface area (Å²) in [5.74, 6) is -1.51. The van der Waals surface area contributed by atoms with Gasteiger partial charge in [0.1, 0.15) is 0 Å². The number of ether oxygens (including phenoxy) is 1. The van der Waals surface area contributed by atoms with Crippen LogP contribution in [0.5, 0.6) is 0 Å². The summed E-state index contributed by atoms with van der Waals surface area (Å²) < 4.78 is 30.5. The van der Waals surface area contributed by atoms with Gasteiger partial charge in [-0.2, -0.15) is 0 Å². The molecule has 0 aromatic heterocycles. The van der Waals surface area contributed by atoms with Crippen LogP contribution >= 0.6 is 15.9 Å². The number of hydrogen-bond acceptors (Lipinski definition) is 5. The standard InChI is InChI=1S/C15H20BrN3O5S/c1-24-10-11-12(16)4-2-5-13(11)18-15(21)14(20)17-6-8-19-7-3-9-25(19,22)23/h2,4-5H,3,6-10H2,1H3,(H,17,20)(H,18,21). The maximum atomic E-state index is 12.0. The Morgan fingerprint density at radius 2 is 2.08 bits per heavy atom. The van der Waals surface area contributed by atoms with Gasteiger partial charge >= 0.3 is 11.8 Å². The zero-order chi connectivity index (χ0) is 18.4. The molecule has 0 saturated carbocycles. The zero-order valence-electron chi connectivity index (χ0n) is 13.7. The number of halogens is 1. The van der Waals surface area contributed by atoms with E-state index in [1.54, 1.807) is 18.2 Å². The molecule has 1 aliphatic rings. The number of benzene rings is 1. The number of amides is 2. The fourth-order valence-electron chi connectivity index (χ4n) is 2.46. The molecule has 0 atom stereocenters. The molecule has 2 rings (SSSR count). The van der Waals surface area contributed by atoms with Crippen molar-refractivity contribution in [2.45, 2.75) is 13.0 Å². The van der Waals surface area contributed by atoms with Gasteiger partial charge < -0.3 is 15.4 Å². The summed E-state index contributed by atoms with van der Waals surface area (Å²) in [7, 11) is -1.68. The highest BCUT2D eigenvalue weighted by Crippen LogP contribution is 2.25. The first-order valence-electron chi connectivity index (χ1n) is 7.68. The van der Waals surface area contributed by atoms with Crippen molar-refractivity contribution in [1.82, 2.24) is 9.62 Å². The molecule has 10 heteroatoms. The van der Waals surface area contributed by atoms with Gasteiger partial charge in [-0.05, 0) is 18.6 Å². The summed E-state index contributed by atoms with van der Waals surface area (Å²) in [6, 6.07) is 5.21. The van der Waals surface area contributed by atoms with Gasteiger partial charge in [-0.25, -0.2) is 12.7 Å². The molecule has 2 amide bonds. The fourth-order valence-corrected chi connectivity index (χ4v) is 4.47.